The number of rotatable bonds is 11. The lowest BCUT2D eigenvalue weighted by atomic mass is 10.1. The Kier molecular flexibility index (Phi) is 8.20. The van der Waals surface area contributed by atoms with Crippen LogP contribution in [0, 0.1) is 10.1 Å². The van der Waals surface area contributed by atoms with Crippen LogP contribution in [0.1, 0.15) is 12.0 Å². The van der Waals surface area contributed by atoms with Gasteiger partial charge in [-0.1, -0.05) is 36.4 Å². The number of methoxy groups -OCH3 is 1. The molecule has 0 aliphatic rings. The highest BCUT2D eigenvalue weighted by atomic mass is 32.2. The Bertz CT molecular complexity index is 1230. The topological polar surface area (TPSA) is 119 Å². The molecule has 0 aliphatic heterocycles. The molecule has 178 valence electrons. The van der Waals surface area contributed by atoms with Crippen molar-refractivity contribution in [2.24, 2.45) is 0 Å². The van der Waals surface area contributed by atoms with Gasteiger partial charge in [-0.3, -0.25) is 19.2 Å². The van der Waals surface area contributed by atoms with Crippen molar-refractivity contribution in [3.63, 3.8) is 0 Å². The molecule has 34 heavy (non-hydrogen) atoms. The molecule has 0 fully saturated rings. The first-order valence-electron chi connectivity index (χ1n) is 10.5. The van der Waals surface area contributed by atoms with Gasteiger partial charge in [-0.05, 0) is 48.7 Å². The summed E-state index contributed by atoms with van der Waals surface area (Å²) in [6.07, 6.45) is 1.31. The van der Waals surface area contributed by atoms with Gasteiger partial charge in [-0.25, -0.2) is 8.42 Å². The number of para-hydroxylation sites is 1. The first kappa shape index (κ1) is 24.7. The van der Waals surface area contributed by atoms with Gasteiger partial charge in [0.05, 0.1) is 22.6 Å². The number of carbonyl (C=O) groups is 1. The molecule has 0 spiro atoms. The highest BCUT2D eigenvalue weighted by molar-refractivity contribution is 7.92. The first-order chi connectivity index (χ1) is 16.3. The molecular weight excluding hydrogens is 458 g/mol. The highest BCUT2D eigenvalue weighted by Crippen LogP contribution is 2.25. The van der Waals surface area contributed by atoms with Crippen LogP contribution in [0.4, 0.5) is 11.4 Å². The van der Waals surface area contributed by atoms with E-state index in [0.717, 1.165) is 15.6 Å². The summed E-state index contributed by atoms with van der Waals surface area (Å²) in [5.41, 5.74) is 0.985. The van der Waals surface area contributed by atoms with E-state index in [-0.39, 0.29) is 16.3 Å². The Labute approximate surface area is 198 Å². The number of hydrogen-bond donors (Lipinski definition) is 1. The second-order valence-corrected chi connectivity index (χ2v) is 9.23. The number of nitro groups is 1. The van der Waals surface area contributed by atoms with E-state index >= 15 is 0 Å². The lowest BCUT2D eigenvalue weighted by molar-refractivity contribution is -0.384. The van der Waals surface area contributed by atoms with E-state index in [4.69, 9.17) is 4.74 Å². The third-order valence-electron chi connectivity index (χ3n) is 5.10. The fraction of sp³-hybridized carbons (Fsp3) is 0.208. The van der Waals surface area contributed by atoms with Crippen molar-refractivity contribution in [2.45, 2.75) is 17.7 Å². The Balaban J connectivity index is 1.72. The maximum Gasteiger partial charge on any atom is 0.269 e. The minimum atomic E-state index is -4.08. The average Bonchev–Trinajstić information content (AvgIpc) is 2.86. The molecule has 0 radical (unpaired) electrons. The van der Waals surface area contributed by atoms with Crippen molar-refractivity contribution in [2.75, 3.05) is 24.5 Å². The maximum absolute atomic E-state index is 13.3. The average molecular weight is 484 g/mol. The summed E-state index contributed by atoms with van der Waals surface area (Å²) >= 11 is 0. The summed E-state index contributed by atoms with van der Waals surface area (Å²) in [5, 5.41) is 13.7. The van der Waals surface area contributed by atoms with Gasteiger partial charge in [0.1, 0.15) is 12.3 Å². The molecule has 3 aromatic rings. The second kappa shape index (κ2) is 11.3. The monoisotopic (exact) mass is 483 g/mol. The number of nitrogens with zero attached hydrogens (tertiary/aromatic N) is 2. The zero-order valence-corrected chi connectivity index (χ0v) is 19.4. The van der Waals surface area contributed by atoms with E-state index in [0.29, 0.717) is 19.4 Å². The number of amides is 1. The molecule has 9 nitrogen and oxygen atoms in total. The largest absolute Gasteiger partial charge is 0.496 e. The molecule has 0 heterocycles. The summed E-state index contributed by atoms with van der Waals surface area (Å²) in [4.78, 5) is 23.1. The number of ether oxygens (including phenoxy) is 1. The Hall–Kier alpha value is -3.92. The van der Waals surface area contributed by atoms with Crippen molar-refractivity contribution in [1.29, 1.82) is 0 Å². The Morgan fingerprint density at radius 3 is 2.29 bits per heavy atom. The molecule has 10 heteroatoms. The summed E-state index contributed by atoms with van der Waals surface area (Å²) in [6.45, 7) is -0.125. The fourth-order valence-corrected chi connectivity index (χ4v) is 4.82. The molecule has 3 aromatic carbocycles. The second-order valence-electron chi connectivity index (χ2n) is 7.36. The quantitative estimate of drug-likeness (QED) is 0.253. The van der Waals surface area contributed by atoms with Crippen molar-refractivity contribution < 1.29 is 22.9 Å². The molecule has 1 amide bonds. The van der Waals surface area contributed by atoms with Crippen LogP contribution in [0.15, 0.2) is 83.8 Å². The third-order valence-corrected chi connectivity index (χ3v) is 6.89. The van der Waals surface area contributed by atoms with E-state index in [1.54, 1.807) is 25.3 Å². The Morgan fingerprint density at radius 2 is 1.65 bits per heavy atom. The number of sulfonamides is 1. The van der Waals surface area contributed by atoms with Crippen LogP contribution in [0.25, 0.3) is 0 Å². The van der Waals surface area contributed by atoms with Crippen LogP contribution < -0.4 is 14.4 Å². The predicted octanol–water partition coefficient (Wildman–Crippen LogP) is 3.55. The van der Waals surface area contributed by atoms with Gasteiger partial charge in [0.25, 0.3) is 15.7 Å². The molecule has 0 unspecified atom stereocenters. The van der Waals surface area contributed by atoms with E-state index < -0.39 is 27.4 Å². The molecule has 0 aliphatic carbocycles. The number of aryl methyl sites for hydroxylation is 1. The Morgan fingerprint density at radius 1 is 1.00 bits per heavy atom. The molecule has 0 bridgehead atoms. The van der Waals surface area contributed by atoms with Gasteiger partial charge in [0.2, 0.25) is 5.91 Å². The molecule has 1 N–H and O–H groups in total. The normalized spacial score (nSPS) is 11.0. The van der Waals surface area contributed by atoms with Gasteiger partial charge < -0.3 is 10.1 Å². The maximum atomic E-state index is 13.3. The molecule has 0 aromatic heterocycles. The van der Waals surface area contributed by atoms with Gasteiger partial charge in [0.15, 0.2) is 0 Å². The number of nitrogens with one attached hydrogen (secondary N) is 1. The predicted molar refractivity (Wildman–Crippen MR) is 128 cm³/mol. The first-order valence-corrected chi connectivity index (χ1v) is 12.0. The summed E-state index contributed by atoms with van der Waals surface area (Å²) < 4.78 is 32.8. The molecule has 0 saturated carbocycles. The summed E-state index contributed by atoms with van der Waals surface area (Å²) in [5.74, 6) is 0.282. The lowest BCUT2D eigenvalue weighted by Crippen LogP contribution is -2.41. The number of non-ortho nitro benzene ring substituents is 1. The zero-order chi connectivity index (χ0) is 24.6. The van der Waals surface area contributed by atoms with Crippen LogP contribution in [0.3, 0.4) is 0 Å². The standard InChI is InChI=1S/C24H25N3O6S/c1-33-23-12-6-5-8-19(23)9-7-17-25-24(28)18-26(20-13-15-21(16-14-20)27(29)30)34(31,32)22-10-3-2-4-11-22/h2-6,8,10-16H,7,9,17-18H2,1H3,(H,25,28). The summed E-state index contributed by atoms with van der Waals surface area (Å²) in [7, 11) is -2.48. The number of nitro benzene ring substituents is 1. The third kappa shape index (κ3) is 6.10. The molecular formula is C24H25N3O6S. The lowest BCUT2D eigenvalue weighted by Gasteiger charge is -2.24. The number of benzene rings is 3. The van der Waals surface area contributed by atoms with Crippen molar-refractivity contribution in [3.8, 4) is 5.75 Å². The van der Waals surface area contributed by atoms with E-state index in [1.165, 1.54) is 36.4 Å². The van der Waals surface area contributed by atoms with E-state index in [1.807, 2.05) is 24.3 Å². The fourth-order valence-electron chi connectivity index (χ4n) is 3.38. The van der Waals surface area contributed by atoms with Gasteiger partial charge in [-0.2, -0.15) is 0 Å². The minimum absolute atomic E-state index is 0.0114. The van der Waals surface area contributed by atoms with E-state index in [2.05, 4.69) is 5.32 Å². The number of carbonyl (C=O) groups excluding carboxylic acids is 1. The highest BCUT2D eigenvalue weighted by Gasteiger charge is 2.27. The van der Waals surface area contributed by atoms with Gasteiger partial charge in [-0.15, -0.1) is 0 Å². The molecule has 3 rings (SSSR count). The van der Waals surface area contributed by atoms with Crippen LogP contribution in [-0.2, 0) is 21.2 Å². The SMILES string of the molecule is COc1ccccc1CCCNC(=O)CN(c1ccc([N+](=O)[O-])cc1)S(=O)(=O)c1ccccc1. The summed E-state index contributed by atoms with van der Waals surface area (Å²) in [6, 6.07) is 20.3. The zero-order valence-electron chi connectivity index (χ0n) is 18.6. The minimum Gasteiger partial charge on any atom is -0.496 e. The van der Waals surface area contributed by atoms with Crippen molar-refractivity contribution >= 4 is 27.3 Å². The van der Waals surface area contributed by atoms with Crippen molar-refractivity contribution in [1.82, 2.24) is 5.32 Å². The number of hydrogen-bond acceptors (Lipinski definition) is 6. The van der Waals surface area contributed by atoms with Crippen LogP contribution in [0.2, 0.25) is 0 Å². The van der Waals surface area contributed by atoms with Crippen molar-refractivity contribution in [3.05, 3.63) is 94.5 Å². The molecule has 0 saturated heterocycles. The van der Waals surface area contributed by atoms with Crippen LogP contribution in [-0.4, -0.2) is 39.4 Å². The van der Waals surface area contributed by atoms with Gasteiger partial charge in [0, 0.05) is 18.7 Å². The van der Waals surface area contributed by atoms with E-state index in [9.17, 15) is 23.3 Å². The molecule has 0 atom stereocenters. The number of anilines is 1. The van der Waals surface area contributed by atoms with Gasteiger partial charge >= 0.3 is 0 Å². The van der Waals surface area contributed by atoms with Crippen LogP contribution in [0.5, 0.6) is 5.75 Å². The van der Waals surface area contributed by atoms with Crippen LogP contribution >= 0.6 is 0 Å². The smallest absolute Gasteiger partial charge is 0.269 e.